The van der Waals surface area contributed by atoms with E-state index in [0.29, 0.717) is 19.6 Å². The fourth-order valence-electron chi connectivity index (χ4n) is 3.18. The zero-order valence-corrected chi connectivity index (χ0v) is 19.5. The van der Waals surface area contributed by atoms with Gasteiger partial charge in [-0.15, -0.1) is 4.52 Å². The van der Waals surface area contributed by atoms with E-state index in [1.807, 2.05) is 18.5 Å². The summed E-state index contributed by atoms with van der Waals surface area (Å²) in [5, 5.41) is 3.29. The molecule has 2 saturated heterocycles. The lowest BCUT2D eigenvalue weighted by molar-refractivity contribution is -0.0790. The molecule has 0 aromatic heterocycles. The number of hydrogen-bond donors (Lipinski definition) is 1. The first-order valence-corrected chi connectivity index (χ1v) is 12.2. The van der Waals surface area contributed by atoms with Crippen molar-refractivity contribution in [3.63, 3.8) is 0 Å². The summed E-state index contributed by atoms with van der Waals surface area (Å²) in [7, 11) is 1.71. The first-order chi connectivity index (χ1) is 13.1. The highest BCUT2D eigenvalue weighted by molar-refractivity contribution is 7.53. The molecule has 0 aromatic carbocycles. The van der Waals surface area contributed by atoms with E-state index in [4.69, 9.17) is 18.5 Å². The highest BCUT2D eigenvalue weighted by atomic mass is 31.2. The molecule has 0 aromatic rings. The second-order valence-corrected chi connectivity index (χ2v) is 11.8. The lowest BCUT2D eigenvalue weighted by atomic mass is 10.2. The van der Waals surface area contributed by atoms with Gasteiger partial charge in [0.1, 0.15) is 6.61 Å². The monoisotopic (exact) mass is 441 g/mol. The molecule has 2 fully saturated rings. The summed E-state index contributed by atoms with van der Waals surface area (Å²) in [4.78, 5) is 0. The summed E-state index contributed by atoms with van der Waals surface area (Å²) in [6, 6.07) is 0. The van der Waals surface area contributed by atoms with Crippen molar-refractivity contribution in [2.24, 2.45) is 0 Å². The van der Waals surface area contributed by atoms with E-state index in [1.54, 1.807) is 32.9 Å². The Morgan fingerprint density at radius 1 is 1.07 bits per heavy atom. The largest absolute Gasteiger partial charge is 0.615 e. The van der Waals surface area contributed by atoms with Gasteiger partial charge < -0.3 is 19.3 Å². The molecule has 2 heterocycles. The van der Waals surface area contributed by atoms with Gasteiger partial charge in [0.05, 0.1) is 31.0 Å². The number of morpholine rings is 2. The van der Waals surface area contributed by atoms with E-state index in [0.717, 1.165) is 6.54 Å². The molecule has 12 heteroatoms. The van der Waals surface area contributed by atoms with Crippen LogP contribution < -0.4 is 5.32 Å². The number of nitrogens with zero attached hydrogens (tertiary/aromatic N) is 3. The van der Waals surface area contributed by atoms with Gasteiger partial charge in [-0.1, -0.05) is 4.67 Å². The highest BCUT2D eigenvalue weighted by Crippen LogP contribution is 2.53. The molecule has 164 valence electrons. The summed E-state index contributed by atoms with van der Waals surface area (Å²) in [6.45, 7) is 6.65. The maximum atomic E-state index is 13.7. The van der Waals surface area contributed by atoms with Gasteiger partial charge in [0, 0.05) is 40.3 Å². The smallest absolute Gasteiger partial charge is 0.370 e. The van der Waals surface area contributed by atoms with Gasteiger partial charge in [-0.3, -0.25) is 4.57 Å². The molecule has 2 aliphatic rings. The van der Waals surface area contributed by atoms with Gasteiger partial charge in [-0.25, -0.2) is 9.34 Å². The molecule has 0 saturated carbocycles. The molecule has 6 atom stereocenters. The normalized spacial score (nSPS) is 32.5. The van der Waals surface area contributed by atoms with E-state index in [2.05, 4.69) is 5.32 Å². The van der Waals surface area contributed by atoms with Crippen molar-refractivity contribution in [1.29, 1.82) is 0 Å². The van der Waals surface area contributed by atoms with Gasteiger partial charge in [-0.2, -0.15) is 0 Å². The van der Waals surface area contributed by atoms with Crippen LogP contribution in [0.25, 0.3) is 0 Å². The van der Waals surface area contributed by atoms with Crippen LogP contribution in [-0.2, 0) is 27.7 Å². The average molecular weight is 441 g/mol. The maximum Gasteiger partial charge on any atom is 0.615 e. The summed E-state index contributed by atoms with van der Waals surface area (Å²) < 4.78 is 53.6. The van der Waals surface area contributed by atoms with Crippen molar-refractivity contribution in [2.75, 3.05) is 67.6 Å². The third kappa shape index (κ3) is 6.77. The van der Waals surface area contributed by atoms with E-state index in [1.165, 1.54) is 4.67 Å². The summed E-state index contributed by atoms with van der Waals surface area (Å²) >= 11 is 0. The van der Waals surface area contributed by atoms with E-state index >= 15 is 0 Å². The fraction of sp³-hybridized carbons (Fsp3) is 1.00. The molecule has 2 aliphatic heterocycles. The number of hydrogen-bond acceptors (Lipinski definition) is 7. The molecular weight excluding hydrogens is 406 g/mol. The Morgan fingerprint density at radius 2 is 1.75 bits per heavy atom. The maximum absolute atomic E-state index is 13.7. The number of ether oxygens (including phenoxy) is 2. The molecule has 6 unspecified atom stereocenters. The Labute approximate surface area is 169 Å². The molecule has 0 amide bonds. The van der Waals surface area contributed by atoms with Crippen LogP contribution in [0, 0.1) is 0 Å². The van der Waals surface area contributed by atoms with Crippen LogP contribution in [0.3, 0.4) is 0 Å². The molecule has 0 aliphatic carbocycles. The quantitative estimate of drug-likeness (QED) is 0.529. The third-order valence-electron chi connectivity index (χ3n) is 4.52. The standard InChI is InChI=1S/C16H35N4O6P2/c1-13-7-17-8-15(25-13)12-24-28(22,19(5)6)20-9-14(2)26-16(10-20)11-23-27(21)18(3)4/h13-17H,7-12H2,1-6H3/q+1. The molecular formula is C16H35N4O6P2+. The summed E-state index contributed by atoms with van der Waals surface area (Å²) in [6.07, 6.45) is -0.528. The van der Waals surface area contributed by atoms with Crippen LogP contribution in [0.2, 0.25) is 0 Å². The molecule has 1 N–H and O–H groups in total. The van der Waals surface area contributed by atoms with Crippen molar-refractivity contribution in [3.8, 4) is 0 Å². The topological polar surface area (TPSA) is 92.8 Å². The first kappa shape index (κ1) is 24.3. The Morgan fingerprint density at radius 3 is 2.36 bits per heavy atom. The first-order valence-electron chi connectivity index (χ1n) is 9.58. The summed E-state index contributed by atoms with van der Waals surface area (Å²) in [5.74, 6) is 0. The van der Waals surface area contributed by atoms with Crippen LogP contribution in [0.4, 0.5) is 0 Å². The second-order valence-electron chi connectivity index (χ2n) is 7.68. The van der Waals surface area contributed by atoms with Gasteiger partial charge in [0.2, 0.25) is 0 Å². The predicted molar refractivity (Wildman–Crippen MR) is 108 cm³/mol. The van der Waals surface area contributed by atoms with Crippen LogP contribution >= 0.6 is 15.8 Å². The molecule has 0 bridgehead atoms. The van der Waals surface area contributed by atoms with Crippen molar-refractivity contribution < 1.29 is 27.7 Å². The third-order valence-corrected chi connectivity index (χ3v) is 8.09. The predicted octanol–water partition coefficient (Wildman–Crippen LogP) is 1.37. The minimum atomic E-state index is -3.25. The highest BCUT2D eigenvalue weighted by Gasteiger charge is 2.42. The minimum Gasteiger partial charge on any atom is -0.370 e. The minimum absolute atomic E-state index is 0.102. The van der Waals surface area contributed by atoms with Crippen molar-refractivity contribution >= 4 is 15.8 Å². The Balaban J connectivity index is 1.99. The Kier molecular flexibility index (Phi) is 9.42. The zero-order chi connectivity index (χ0) is 20.9. The second kappa shape index (κ2) is 10.9. The lowest BCUT2D eigenvalue weighted by Crippen LogP contribution is -2.49. The van der Waals surface area contributed by atoms with E-state index in [9.17, 15) is 9.13 Å². The van der Waals surface area contributed by atoms with Crippen molar-refractivity contribution in [1.82, 2.24) is 19.3 Å². The number of nitrogens with one attached hydrogen (secondary N) is 1. The molecule has 10 nitrogen and oxygen atoms in total. The van der Waals surface area contributed by atoms with E-state index < -0.39 is 15.8 Å². The van der Waals surface area contributed by atoms with Crippen LogP contribution in [-0.4, -0.2) is 106 Å². The van der Waals surface area contributed by atoms with Gasteiger partial charge >= 0.3 is 15.8 Å². The lowest BCUT2D eigenvalue weighted by Gasteiger charge is -2.42. The summed E-state index contributed by atoms with van der Waals surface area (Å²) in [5.41, 5.74) is 0. The van der Waals surface area contributed by atoms with Crippen LogP contribution in [0.1, 0.15) is 13.8 Å². The van der Waals surface area contributed by atoms with Crippen molar-refractivity contribution in [3.05, 3.63) is 0 Å². The molecule has 2 rings (SSSR count). The average Bonchev–Trinajstić information content (AvgIpc) is 2.63. The number of rotatable bonds is 9. The molecule has 0 spiro atoms. The van der Waals surface area contributed by atoms with E-state index in [-0.39, 0.29) is 37.6 Å². The van der Waals surface area contributed by atoms with Gasteiger partial charge in [0.15, 0.2) is 0 Å². The Bertz CT molecular complexity index is 567. The fourth-order valence-corrected chi connectivity index (χ4v) is 5.79. The molecule has 0 radical (unpaired) electrons. The van der Waals surface area contributed by atoms with Gasteiger partial charge in [0.25, 0.3) is 0 Å². The van der Waals surface area contributed by atoms with Crippen LogP contribution in [0.5, 0.6) is 0 Å². The SMILES string of the molecule is CC1CNCC(COP(=O)(N(C)C)N2CC(C)OC(CO[P+](=O)N(C)C)C2)O1. The zero-order valence-electron chi connectivity index (χ0n) is 17.7. The van der Waals surface area contributed by atoms with Crippen molar-refractivity contribution in [2.45, 2.75) is 38.3 Å². The Hall–Kier alpha value is 0.01000. The molecule has 28 heavy (non-hydrogen) atoms. The van der Waals surface area contributed by atoms with Crippen LogP contribution in [0.15, 0.2) is 0 Å². The van der Waals surface area contributed by atoms with Gasteiger partial charge in [-0.05, 0) is 32.5 Å².